The molecule has 2 nitrogen and oxygen atoms in total. The van der Waals surface area contributed by atoms with E-state index >= 15 is 0 Å². The summed E-state index contributed by atoms with van der Waals surface area (Å²) >= 11 is 0. The topological polar surface area (TPSA) is 52.0 Å². The minimum absolute atomic E-state index is 0.821. The smallest absolute Gasteiger partial charge is 0.0276 e. The Labute approximate surface area is 96.0 Å². The Morgan fingerprint density at radius 2 is 1.06 bits per heavy atom. The van der Waals surface area contributed by atoms with Gasteiger partial charge in [-0.15, -0.1) is 0 Å². The van der Waals surface area contributed by atoms with Gasteiger partial charge in [0.1, 0.15) is 0 Å². The third kappa shape index (κ3) is 2.54. The summed E-state index contributed by atoms with van der Waals surface area (Å²) in [6.45, 7) is 0. The van der Waals surface area contributed by atoms with E-state index in [2.05, 4.69) is 24.3 Å². The van der Waals surface area contributed by atoms with Crippen LogP contribution in [0.15, 0.2) is 71.1 Å². The standard InChI is InChI=1S/C14H16N2/c15-13-5-1-3-11(7-9-13)12-4-2-6-14(16)10-8-12/h3-10H,1-2,15-16H2. The second-order valence-corrected chi connectivity index (χ2v) is 3.87. The molecule has 0 bridgehead atoms. The van der Waals surface area contributed by atoms with Gasteiger partial charge in [0, 0.05) is 11.4 Å². The summed E-state index contributed by atoms with van der Waals surface area (Å²) in [6.07, 6.45) is 18.1. The van der Waals surface area contributed by atoms with Crippen molar-refractivity contribution in [1.29, 1.82) is 0 Å². The summed E-state index contributed by atoms with van der Waals surface area (Å²) in [4.78, 5) is 0. The first-order valence-corrected chi connectivity index (χ1v) is 5.44. The zero-order valence-corrected chi connectivity index (χ0v) is 9.19. The molecule has 2 aliphatic carbocycles. The number of hydrogen-bond donors (Lipinski definition) is 2. The van der Waals surface area contributed by atoms with Gasteiger partial charge in [-0.3, -0.25) is 0 Å². The lowest BCUT2D eigenvalue weighted by Crippen LogP contribution is -1.91. The fourth-order valence-corrected chi connectivity index (χ4v) is 1.72. The van der Waals surface area contributed by atoms with E-state index in [9.17, 15) is 0 Å². The molecule has 0 aromatic heterocycles. The fraction of sp³-hybridized carbons (Fsp3) is 0.143. The average Bonchev–Trinajstić information content (AvgIpc) is 2.59. The van der Waals surface area contributed by atoms with E-state index < -0.39 is 0 Å². The highest BCUT2D eigenvalue weighted by molar-refractivity contribution is 5.51. The molecule has 0 amide bonds. The van der Waals surface area contributed by atoms with E-state index in [1.807, 2.05) is 24.3 Å². The van der Waals surface area contributed by atoms with Crippen molar-refractivity contribution >= 4 is 0 Å². The molecule has 0 radical (unpaired) electrons. The molecule has 82 valence electrons. The van der Waals surface area contributed by atoms with Gasteiger partial charge >= 0.3 is 0 Å². The molecule has 0 saturated carbocycles. The van der Waals surface area contributed by atoms with Crippen LogP contribution in [-0.4, -0.2) is 0 Å². The van der Waals surface area contributed by atoms with Crippen LogP contribution in [0.3, 0.4) is 0 Å². The Morgan fingerprint density at radius 3 is 1.50 bits per heavy atom. The van der Waals surface area contributed by atoms with Gasteiger partial charge in [0.25, 0.3) is 0 Å². The predicted octanol–water partition coefficient (Wildman–Crippen LogP) is 2.44. The molecule has 2 aliphatic rings. The van der Waals surface area contributed by atoms with Crippen LogP contribution in [0.25, 0.3) is 0 Å². The third-order valence-corrected chi connectivity index (χ3v) is 2.63. The predicted molar refractivity (Wildman–Crippen MR) is 68.2 cm³/mol. The Balaban J connectivity index is 2.21. The van der Waals surface area contributed by atoms with Crippen molar-refractivity contribution in [2.45, 2.75) is 12.8 Å². The lowest BCUT2D eigenvalue weighted by atomic mass is 10.0. The van der Waals surface area contributed by atoms with Crippen molar-refractivity contribution in [3.63, 3.8) is 0 Å². The summed E-state index contributed by atoms with van der Waals surface area (Å²) in [5.41, 5.74) is 15.6. The van der Waals surface area contributed by atoms with Gasteiger partial charge in [-0.25, -0.2) is 0 Å². The van der Waals surface area contributed by atoms with Crippen LogP contribution >= 0.6 is 0 Å². The highest BCUT2D eigenvalue weighted by Crippen LogP contribution is 2.20. The van der Waals surface area contributed by atoms with Crippen LogP contribution in [0.2, 0.25) is 0 Å². The largest absolute Gasteiger partial charge is 0.399 e. The van der Waals surface area contributed by atoms with Crippen molar-refractivity contribution in [3.05, 3.63) is 71.1 Å². The van der Waals surface area contributed by atoms with Crippen molar-refractivity contribution in [1.82, 2.24) is 0 Å². The maximum Gasteiger partial charge on any atom is 0.0276 e. The second kappa shape index (κ2) is 4.71. The van der Waals surface area contributed by atoms with Crippen molar-refractivity contribution < 1.29 is 0 Å². The molecule has 0 aromatic carbocycles. The van der Waals surface area contributed by atoms with Crippen LogP contribution in [0.5, 0.6) is 0 Å². The molecule has 2 rings (SSSR count). The van der Waals surface area contributed by atoms with Gasteiger partial charge in [0.2, 0.25) is 0 Å². The van der Waals surface area contributed by atoms with Crippen molar-refractivity contribution in [2.24, 2.45) is 11.5 Å². The number of rotatable bonds is 1. The summed E-state index contributed by atoms with van der Waals surface area (Å²) in [5, 5.41) is 0. The number of allylic oxidation sites excluding steroid dienone is 10. The first-order chi connectivity index (χ1) is 7.75. The molecule has 0 aromatic rings. The monoisotopic (exact) mass is 212 g/mol. The van der Waals surface area contributed by atoms with Crippen molar-refractivity contribution in [3.8, 4) is 0 Å². The fourth-order valence-electron chi connectivity index (χ4n) is 1.72. The second-order valence-electron chi connectivity index (χ2n) is 3.87. The molecular weight excluding hydrogens is 196 g/mol. The minimum Gasteiger partial charge on any atom is -0.399 e. The Hall–Kier alpha value is -1.96. The zero-order valence-electron chi connectivity index (χ0n) is 9.19. The Bertz CT molecular complexity index is 413. The molecule has 0 spiro atoms. The first kappa shape index (κ1) is 10.6. The third-order valence-electron chi connectivity index (χ3n) is 2.63. The normalized spacial score (nSPS) is 20.2. The average molecular weight is 212 g/mol. The van der Waals surface area contributed by atoms with Gasteiger partial charge in [-0.05, 0) is 36.1 Å². The highest BCUT2D eigenvalue weighted by atomic mass is 14.6. The van der Waals surface area contributed by atoms with Crippen LogP contribution in [0, 0.1) is 0 Å². The Morgan fingerprint density at radius 1 is 0.625 bits per heavy atom. The van der Waals surface area contributed by atoms with Crippen molar-refractivity contribution in [2.75, 3.05) is 0 Å². The summed E-state index contributed by atoms with van der Waals surface area (Å²) in [7, 11) is 0. The maximum absolute atomic E-state index is 5.75. The minimum atomic E-state index is 0.821. The van der Waals surface area contributed by atoms with Crippen LogP contribution in [-0.2, 0) is 0 Å². The van der Waals surface area contributed by atoms with Crippen LogP contribution in [0.1, 0.15) is 12.8 Å². The molecule has 0 unspecified atom stereocenters. The highest BCUT2D eigenvalue weighted by Gasteiger charge is 2.02. The molecule has 0 aliphatic heterocycles. The molecular formula is C14H16N2. The summed E-state index contributed by atoms with van der Waals surface area (Å²) < 4.78 is 0. The zero-order chi connectivity index (χ0) is 11.4. The van der Waals surface area contributed by atoms with Crippen LogP contribution in [0.4, 0.5) is 0 Å². The molecule has 2 heteroatoms. The lowest BCUT2D eigenvalue weighted by molar-refractivity contribution is 1.29. The van der Waals surface area contributed by atoms with E-state index in [0.717, 1.165) is 24.2 Å². The first-order valence-electron chi connectivity index (χ1n) is 5.44. The summed E-state index contributed by atoms with van der Waals surface area (Å²) in [5.74, 6) is 0. The van der Waals surface area contributed by atoms with Gasteiger partial charge in [-0.1, -0.05) is 36.5 Å². The molecule has 0 heterocycles. The number of nitrogens with two attached hydrogens (primary N) is 2. The number of hydrogen-bond acceptors (Lipinski definition) is 2. The van der Waals surface area contributed by atoms with E-state index in [1.165, 1.54) is 11.1 Å². The van der Waals surface area contributed by atoms with E-state index in [0.29, 0.717) is 0 Å². The maximum atomic E-state index is 5.75. The Kier molecular flexibility index (Phi) is 3.10. The van der Waals surface area contributed by atoms with Gasteiger partial charge in [0.15, 0.2) is 0 Å². The molecule has 0 saturated heterocycles. The van der Waals surface area contributed by atoms with Gasteiger partial charge in [-0.2, -0.15) is 0 Å². The summed E-state index contributed by atoms with van der Waals surface area (Å²) in [6, 6.07) is 0. The van der Waals surface area contributed by atoms with Gasteiger partial charge in [0.05, 0.1) is 0 Å². The van der Waals surface area contributed by atoms with E-state index in [-0.39, 0.29) is 0 Å². The van der Waals surface area contributed by atoms with Crippen LogP contribution < -0.4 is 11.5 Å². The molecule has 0 fully saturated rings. The lowest BCUT2D eigenvalue weighted by Gasteiger charge is -2.01. The SMILES string of the molecule is NC1=CCC=C(C2=CCC=C(N)C=C2)C=C1. The van der Waals surface area contributed by atoms with E-state index in [4.69, 9.17) is 11.5 Å². The molecule has 4 N–H and O–H groups in total. The van der Waals surface area contributed by atoms with E-state index in [1.54, 1.807) is 0 Å². The quantitative estimate of drug-likeness (QED) is 0.701. The molecule has 0 atom stereocenters. The molecule has 16 heavy (non-hydrogen) atoms. The van der Waals surface area contributed by atoms with Gasteiger partial charge < -0.3 is 11.5 Å².